The van der Waals surface area contributed by atoms with E-state index in [1.54, 1.807) is 38.1 Å². The molecule has 1 heterocycles. The first-order valence-corrected chi connectivity index (χ1v) is 9.91. The molecule has 136 valence electrons. The van der Waals surface area contributed by atoms with Crippen LogP contribution in [0, 0.1) is 5.92 Å². The minimum atomic E-state index is -3.91. The lowest BCUT2D eigenvalue weighted by Crippen LogP contribution is -2.17. The van der Waals surface area contributed by atoms with E-state index < -0.39 is 10.0 Å². The van der Waals surface area contributed by atoms with E-state index >= 15 is 0 Å². The number of hydrogen-bond donors (Lipinski definition) is 2. The summed E-state index contributed by atoms with van der Waals surface area (Å²) in [5, 5.41) is 9.99. The third kappa shape index (κ3) is 5.40. The number of ether oxygens (including phenoxy) is 1. The van der Waals surface area contributed by atoms with E-state index in [-0.39, 0.29) is 27.4 Å². The zero-order valence-corrected chi connectivity index (χ0v) is 15.9. The second kappa shape index (κ2) is 7.79. The SMILES string of the molecule is CC(C)Oc1cccc(NS(=O)(=O)c2nnc(NC(=O)C(C)C)s2)c1. The predicted octanol–water partition coefficient (Wildman–Crippen LogP) is 2.72. The van der Waals surface area contributed by atoms with Crippen LogP contribution in [0.2, 0.25) is 0 Å². The molecule has 1 aromatic heterocycles. The van der Waals surface area contributed by atoms with Gasteiger partial charge in [0.1, 0.15) is 5.75 Å². The van der Waals surface area contributed by atoms with Gasteiger partial charge in [-0.3, -0.25) is 9.52 Å². The van der Waals surface area contributed by atoms with E-state index in [1.165, 1.54) is 0 Å². The van der Waals surface area contributed by atoms with E-state index in [9.17, 15) is 13.2 Å². The largest absolute Gasteiger partial charge is 0.491 e. The lowest BCUT2D eigenvalue weighted by atomic mass is 10.2. The van der Waals surface area contributed by atoms with Crippen LogP contribution in [-0.2, 0) is 14.8 Å². The molecule has 10 heteroatoms. The Kier molecular flexibility index (Phi) is 5.96. The summed E-state index contributed by atoms with van der Waals surface area (Å²) in [4.78, 5) is 11.6. The summed E-state index contributed by atoms with van der Waals surface area (Å²) >= 11 is 0.784. The summed E-state index contributed by atoms with van der Waals surface area (Å²) in [6.07, 6.45) is -0.0258. The van der Waals surface area contributed by atoms with Crippen LogP contribution in [0.3, 0.4) is 0 Å². The van der Waals surface area contributed by atoms with Gasteiger partial charge in [-0.25, -0.2) is 0 Å². The molecule has 1 aromatic carbocycles. The molecule has 0 atom stereocenters. The molecule has 0 unspecified atom stereocenters. The van der Waals surface area contributed by atoms with Crippen molar-refractivity contribution in [3.05, 3.63) is 24.3 Å². The van der Waals surface area contributed by atoms with Crippen molar-refractivity contribution in [3.63, 3.8) is 0 Å². The number of carbonyl (C=O) groups excluding carboxylic acids is 1. The van der Waals surface area contributed by atoms with E-state index in [1.807, 2.05) is 13.8 Å². The van der Waals surface area contributed by atoms with Gasteiger partial charge in [-0.2, -0.15) is 8.42 Å². The Balaban J connectivity index is 2.14. The maximum atomic E-state index is 12.4. The number of rotatable bonds is 7. The molecule has 0 saturated heterocycles. The topological polar surface area (TPSA) is 110 Å². The second-order valence-corrected chi connectivity index (χ2v) is 8.65. The molecule has 0 aliphatic rings. The summed E-state index contributed by atoms with van der Waals surface area (Å²) < 4.78 is 32.6. The van der Waals surface area contributed by atoms with E-state index in [0.29, 0.717) is 11.4 Å². The van der Waals surface area contributed by atoms with Crippen LogP contribution in [0.4, 0.5) is 10.8 Å². The summed E-state index contributed by atoms with van der Waals surface area (Å²) in [5.41, 5.74) is 0.348. The number of anilines is 2. The normalized spacial score (nSPS) is 11.6. The Bertz CT molecular complexity index is 847. The zero-order chi connectivity index (χ0) is 18.6. The van der Waals surface area contributed by atoms with Gasteiger partial charge in [0, 0.05) is 12.0 Å². The van der Waals surface area contributed by atoms with Gasteiger partial charge in [-0.15, -0.1) is 10.2 Å². The fourth-order valence-electron chi connectivity index (χ4n) is 1.72. The zero-order valence-electron chi connectivity index (χ0n) is 14.3. The molecule has 25 heavy (non-hydrogen) atoms. The van der Waals surface area contributed by atoms with Crippen molar-refractivity contribution in [1.82, 2.24) is 10.2 Å². The molecular weight excluding hydrogens is 364 g/mol. The van der Waals surface area contributed by atoms with Crippen LogP contribution in [0.5, 0.6) is 5.75 Å². The molecular formula is C15H20N4O4S2. The van der Waals surface area contributed by atoms with Gasteiger partial charge in [0.25, 0.3) is 14.4 Å². The molecule has 0 aliphatic heterocycles. The Hall–Kier alpha value is -2.20. The monoisotopic (exact) mass is 384 g/mol. The highest BCUT2D eigenvalue weighted by atomic mass is 32.2. The summed E-state index contributed by atoms with van der Waals surface area (Å²) in [7, 11) is -3.91. The molecule has 0 radical (unpaired) electrons. The molecule has 2 aromatic rings. The fraction of sp³-hybridized carbons (Fsp3) is 0.400. The first-order chi connectivity index (χ1) is 11.7. The average molecular weight is 384 g/mol. The number of carbonyl (C=O) groups is 1. The van der Waals surface area contributed by atoms with Crippen LogP contribution in [0.15, 0.2) is 28.6 Å². The van der Waals surface area contributed by atoms with Crippen molar-refractivity contribution >= 4 is 38.1 Å². The van der Waals surface area contributed by atoms with Crippen molar-refractivity contribution in [3.8, 4) is 5.75 Å². The minimum absolute atomic E-state index is 0.0258. The summed E-state index contributed by atoms with van der Waals surface area (Å²) in [6.45, 7) is 7.21. The van der Waals surface area contributed by atoms with Crippen LogP contribution >= 0.6 is 11.3 Å². The maximum absolute atomic E-state index is 12.4. The molecule has 0 saturated carbocycles. The van der Waals surface area contributed by atoms with Crippen molar-refractivity contribution in [2.45, 2.75) is 38.1 Å². The Morgan fingerprint density at radius 1 is 1.20 bits per heavy atom. The maximum Gasteiger partial charge on any atom is 0.291 e. The van der Waals surface area contributed by atoms with Crippen LogP contribution in [0.25, 0.3) is 0 Å². The lowest BCUT2D eigenvalue weighted by Gasteiger charge is -2.11. The Labute approximate surface area is 150 Å². The first-order valence-electron chi connectivity index (χ1n) is 7.61. The van der Waals surface area contributed by atoms with E-state index in [2.05, 4.69) is 20.2 Å². The standard InChI is InChI=1S/C15H20N4O4S2/c1-9(2)13(20)16-14-17-18-15(24-14)25(21,22)19-11-6-5-7-12(8-11)23-10(3)4/h5-10,19H,1-4H3,(H,16,17,20). The number of sulfonamides is 1. The average Bonchev–Trinajstić information content (AvgIpc) is 2.95. The number of aromatic nitrogens is 2. The van der Waals surface area contributed by atoms with E-state index in [4.69, 9.17) is 4.74 Å². The highest BCUT2D eigenvalue weighted by molar-refractivity contribution is 7.94. The Morgan fingerprint density at radius 3 is 2.56 bits per heavy atom. The van der Waals surface area contributed by atoms with Gasteiger partial charge in [0.2, 0.25) is 11.0 Å². The van der Waals surface area contributed by atoms with Crippen LogP contribution in [-0.4, -0.2) is 30.6 Å². The van der Waals surface area contributed by atoms with Crippen molar-refractivity contribution in [2.24, 2.45) is 5.92 Å². The third-order valence-electron chi connectivity index (χ3n) is 2.85. The van der Waals surface area contributed by atoms with Gasteiger partial charge in [-0.1, -0.05) is 31.3 Å². The van der Waals surface area contributed by atoms with Gasteiger partial charge in [-0.05, 0) is 26.0 Å². The molecule has 2 rings (SSSR count). The fourth-order valence-corrected chi connectivity index (χ4v) is 3.68. The van der Waals surface area contributed by atoms with Crippen molar-refractivity contribution in [2.75, 3.05) is 10.0 Å². The molecule has 2 N–H and O–H groups in total. The smallest absolute Gasteiger partial charge is 0.291 e. The molecule has 1 amide bonds. The number of amides is 1. The van der Waals surface area contributed by atoms with Gasteiger partial charge in [0.15, 0.2) is 0 Å². The Morgan fingerprint density at radius 2 is 1.92 bits per heavy atom. The number of hydrogen-bond acceptors (Lipinski definition) is 7. The molecule has 0 fully saturated rings. The van der Waals surface area contributed by atoms with Crippen molar-refractivity contribution in [1.29, 1.82) is 0 Å². The second-order valence-electron chi connectivity index (χ2n) is 5.82. The summed E-state index contributed by atoms with van der Waals surface area (Å²) in [6, 6.07) is 6.61. The number of nitrogens with zero attached hydrogens (tertiary/aromatic N) is 2. The quantitative estimate of drug-likeness (QED) is 0.710. The lowest BCUT2D eigenvalue weighted by molar-refractivity contribution is -0.118. The third-order valence-corrected chi connectivity index (χ3v) is 5.44. The molecule has 8 nitrogen and oxygen atoms in total. The van der Waals surface area contributed by atoms with Crippen molar-refractivity contribution < 1.29 is 17.9 Å². The van der Waals surface area contributed by atoms with Gasteiger partial charge < -0.3 is 10.1 Å². The highest BCUT2D eigenvalue weighted by Gasteiger charge is 2.21. The summed E-state index contributed by atoms with van der Waals surface area (Å²) in [5.74, 6) is 0.0507. The first kappa shape index (κ1) is 19.1. The molecule has 0 aliphatic carbocycles. The highest BCUT2D eigenvalue weighted by Crippen LogP contribution is 2.25. The minimum Gasteiger partial charge on any atom is -0.491 e. The van der Waals surface area contributed by atoms with E-state index in [0.717, 1.165) is 11.3 Å². The van der Waals surface area contributed by atoms with Gasteiger partial charge >= 0.3 is 0 Å². The van der Waals surface area contributed by atoms with Crippen LogP contribution < -0.4 is 14.8 Å². The van der Waals surface area contributed by atoms with Gasteiger partial charge in [0.05, 0.1) is 11.8 Å². The molecule has 0 spiro atoms. The van der Waals surface area contributed by atoms with Crippen LogP contribution in [0.1, 0.15) is 27.7 Å². The molecule has 0 bridgehead atoms. The number of benzene rings is 1. The predicted molar refractivity (Wildman–Crippen MR) is 96.4 cm³/mol. The number of nitrogens with one attached hydrogen (secondary N) is 2.